The van der Waals surface area contributed by atoms with Crippen LogP contribution in [0.1, 0.15) is 36.0 Å². The molecule has 148 valence electrons. The minimum absolute atomic E-state index is 0.152. The summed E-state index contributed by atoms with van der Waals surface area (Å²) in [5, 5.41) is 5.78. The van der Waals surface area contributed by atoms with Gasteiger partial charge in [-0.3, -0.25) is 4.79 Å². The third-order valence-electron chi connectivity index (χ3n) is 4.84. The molecule has 3 amide bonds. The average molecular weight is 444 g/mol. The van der Waals surface area contributed by atoms with Crippen LogP contribution < -0.4 is 10.6 Å². The number of rotatable bonds is 8. The molecule has 0 saturated carbocycles. The largest absolute Gasteiger partial charge is 0.338 e. The molecule has 0 bridgehead atoms. The first kappa shape index (κ1) is 20.4. The number of halogens is 1. The molecular formula is C22H26BrN3O2. The normalized spacial score (nSPS) is 13.6. The molecule has 0 atom stereocenters. The van der Waals surface area contributed by atoms with E-state index in [0.717, 1.165) is 41.4 Å². The molecule has 1 fully saturated rings. The summed E-state index contributed by atoms with van der Waals surface area (Å²) >= 11 is 3.47. The number of aryl methyl sites for hydroxylation is 1. The van der Waals surface area contributed by atoms with Gasteiger partial charge in [0.1, 0.15) is 0 Å². The van der Waals surface area contributed by atoms with Gasteiger partial charge in [-0.2, -0.15) is 0 Å². The number of urea groups is 1. The second kappa shape index (κ2) is 10.3. The molecule has 1 heterocycles. The van der Waals surface area contributed by atoms with Crippen molar-refractivity contribution in [2.24, 2.45) is 0 Å². The van der Waals surface area contributed by atoms with E-state index in [4.69, 9.17) is 0 Å². The molecule has 2 aromatic rings. The molecule has 0 radical (unpaired) electrons. The van der Waals surface area contributed by atoms with Gasteiger partial charge in [-0.05, 0) is 48.1 Å². The van der Waals surface area contributed by atoms with Crippen molar-refractivity contribution in [2.75, 3.05) is 13.1 Å². The van der Waals surface area contributed by atoms with Gasteiger partial charge in [-0.15, -0.1) is 0 Å². The fourth-order valence-corrected chi connectivity index (χ4v) is 3.73. The number of likely N-dealkylation sites (tertiary alicyclic amines) is 1. The molecule has 3 rings (SSSR count). The van der Waals surface area contributed by atoms with Crippen molar-refractivity contribution in [3.8, 4) is 0 Å². The Kier molecular flexibility index (Phi) is 7.48. The summed E-state index contributed by atoms with van der Waals surface area (Å²) in [6, 6.07) is 16.1. The van der Waals surface area contributed by atoms with Gasteiger partial charge in [0, 0.05) is 37.1 Å². The molecule has 0 spiro atoms. The number of nitrogens with zero attached hydrogens (tertiary/aromatic N) is 1. The number of carbonyl (C=O) groups is 2. The predicted molar refractivity (Wildman–Crippen MR) is 114 cm³/mol. The maximum absolute atomic E-state index is 11.9. The highest BCUT2D eigenvalue weighted by Gasteiger charge is 2.19. The number of nitrogens with one attached hydrogen (secondary N) is 2. The Morgan fingerprint density at radius 3 is 2.54 bits per heavy atom. The third kappa shape index (κ3) is 6.37. The second-order valence-corrected chi connectivity index (χ2v) is 7.99. The quantitative estimate of drug-likeness (QED) is 0.605. The Balaban J connectivity index is 1.33. The van der Waals surface area contributed by atoms with E-state index in [1.165, 1.54) is 5.56 Å². The molecule has 0 aromatic heterocycles. The van der Waals surface area contributed by atoms with E-state index < -0.39 is 0 Å². The van der Waals surface area contributed by atoms with Crippen molar-refractivity contribution < 1.29 is 9.59 Å². The Bertz CT molecular complexity index is 808. The monoisotopic (exact) mass is 443 g/mol. The van der Waals surface area contributed by atoms with Gasteiger partial charge in [0.15, 0.2) is 0 Å². The average Bonchev–Trinajstić information content (AvgIpc) is 3.09. The maximum atomic E-state index is 11.9. The van der Waals surface area contributed by atoms with Crippen LogP contribution in [-0.4, -0.2) is 29.9 Å². The van der Waals surface area contributed by atoms with Gasteiger partial charge in [0.25, 0.3) is 0 Å². The molecule has 0 unspecified atom stereocenters. The highest BCUT2D eigenvalue weighted by atomic mass is 79.9. The van der Waals surface area contributed by atoms with E-state index >= 15 is 0 Å². The van der Waals surface area contributed by atoms with Crippen LogP contribution in [0.15, 0.2) is 53.0 Å². The SMILES string of the molecule is O=C(NCCCc1cccc(Br)c1)NCc1ccc(CN2CCCC2=O)cc1. The lowest BCUT2D eigenvalue weighted by molar-refractivity contribution is -0.128. The van der Waals surface area contributed by atoms with Crippen LogP contribution in [0.2, 0.25) is 0 Å². The zero-order valence-electron chi connectivity index (χ0n) is 15.9. The van der Waals surface area contributed by atoms with Crippen molar-refractivity contribution in [3.05, 3.63) is 69.7 Å². The predicted octanol–water partition coefficient (Wildman–Crippen LogP) is 4.00. The van der Waals surface area contributed by atoms with Crippen molar-refractivity contribution in [1.29, 1.82) is 0 Å². The second-order valence-electron chi connectivity index (χ2n) is 7.08. The van der Waals surface area contributed by atoms with E-state index in [9.17, 15) is 9.59 Å². The fraction of sp³-hybridized carbons (Fsp3) is 0.364. The van der Waals surface area contributed by atoms with Crippen molar-refractivity contribution >= 4 is 27.9 Å². The third-order valence-corrected chi connectivity index (χ3v) is 5.33. The van der Waals surface area contributed by atoms with Crippen LogP contribution in [0.25, 0.3) is 0 Å². The smallest absolute Gasteiger partial charge is 0.315 e. The van der Waals surface area contributed by atoms with E-state index in [-0.39, 0.29) is 11.9 Å². The van der Waals surface area contributed by atoms with Gasteiger partial charge < -0.3 is 15.5 Å². The maximum Gasteiger partial charge on any atom is 0.315 e. The first-order valence-electron chi connectivity index (χ1n) is 9.72. The summed E-state index contributed by atoms with van der Waals surface area (Å²) in [4.78, 5) is 25.5. The molecule has 28 heavy (non-hydrogen) atoms. The van der Waals surface area contributed by atoms with Gasteiger partial charge >= 0.3 is 6.03 Å². The van der Waals surface area contributed by atoms with E-state index in [1.54, 1.807) is 0 Å². The van der Waals surface area contributed by atoms with Crippen LogP contribution in [0.3, 0.4) is 0 Å². The lowest BCUT2D eigenvalue weighted by Gasteiger charge is -2.15. The first-order chi connectivity index (χ1) is 13.6. The minimum Gasteiger partial charge on any atom is -0.338 e. The first-order valence-corrected chi connectivity index (χ1v) is 10.5. The van der Waals surface area contributed by atoms with Crippen LogP contribution >= 0.6 is 15.9 Å². The highest BCUT2D eigenvalue weighted by Crippen LogP contribution is 2.15. The minimum atomic E-state index is -0.152. The summed E-state index contributed by atoms with van der Waals surface area (Å²) in [7, 11) is 0. The molecule has 0 aliphatic carbocycles. The number of amides is 3. The van der Waals surface area contributed by atoms with Gasteiger partial charge in [-0.1, -0.05) is 52.3 Å². The summed E-state index contributed by atoms with van der Waals surface area (Å²) in [6.45, 7) is 2.65. The molecule has 2 aromatic carbocycles. The van der Waals surface area contributed by atoms with Crippen LogP contribution in [0.5, 0.6) is 0 Å². The Hall–Kier alpha value is -2.34. The van der Waals surface area contributed by atoms with Crippen LogP contribution in [0, 0.1) is 0 Å². The number of hydrogen-bond donors (Lipinski definition) is 2. The van der Waals surface area contributed by atoms with E-state index in [0.29, 0.717) is 26.1 Å². The standard InChI is InChI=1S/C22H26BrN3O2/c23-20-6-1-4-17(14-20)5-2-12-24-22(28)25-15-18-8-10-19(11-9-18)16-26-13-3-7-21(26)27/h1,4,6,8-11,14H,2-3,5,7,12-13,15-16H2,(H2,24,25,28). The molecule has 1 aliphatic heterocycles. The van der Waals surface area contributed by atoms with Gasteiger partial charge in [0.2, 0.25) is 5.91 Å². The molecule has 5 nitrogen and oxygen atoms in total. The molecular weight excluding hydrogens is 418 g/mol. The molecule has 1 saturated heterocycles. The van der Waals surface area contributed by atoms with Gasteiger partial charge in [-0.25, -0.2) is 4.79 Å². The number of carbonyl (C=O) groups excluding carboxylic acids is 2. The molecule has 6 heteroatoms. The van der Waals surface area contributed by atoms with Crippen LogP contribution in [0.4, 0.5) is 4.79 Å². The fourth-order valence-electron chi connectivity index (χ4n) is 3.29. The van der Waals surface area contributed by atoms with Crippen molar-refractivity contribution in [2.45, 2.75) is 38.8 Å². The summed E-state index contributed by atoms with van der Waals surface area (Å²) in [6.07, 6.45) is 3.45. The zero-order chi connectivity index (χ0) is 19.8. The highest BCUT2D eigenvalue weighted by molar-refractivity contribution is 9.10. The Morgan fingerprint density at radius 2 is 1.82 bits per heavy atom. The summed E-state index contributed by atoms with van der Waals surface area (Å²) in [5.41, 5.74) is 3.42. The number of hydrogen-bond acceptors (Lipinski definition) is 2. The summed E-state index contributed by atoms with van der Waals surface area (Å²) in [5.74, 6) is 0.238. The van der Waals surface area contributed by atoms with Crippen molar-refractivity contribution in [1.82, 2.24) is 15.5 Å². The van der Waals surface area contributed by atoms with E-state index in [1.807, 2.05) is 41.3 Å². The van der Waals surface area contributed by atoms with E-state index in [2.05, 4.69) is 38.7 Å². The zero-order valence-corrected chi connectivity index (χ0v) is 17.5. The summed E-state index contributed by atoms with van der Waals surface area (Å²) < 4.78 is 1.08. The number of benzene rings is 2. The Labute approximate surface area is 174 Å². The topological polar surface area (TPSA) is 61.4 Å². The molecule has 2 N–H and O–H groups in total. The lowest BCUT2D eigenvalue weighted by atomic mass is 10.1. The Morgan fingerprint density at radius 1 is 1.04 bits per heavy atom. The van der Waals surface area contributed by atoms with Crippen molar-refractivity contribution in [3.63, 3.8) is 0 Å². The van der Waals surface area contributed by atoms with Gasteiger partial charge in [0.05, 0.1) is 0 Å². The molecule has 1 aliphatic rings. The van der Waals surface area contributed by atoms with Crippen LogP contribution in [-0.2, 0) is 24.3 Å². The lowest BCUT2D eigenvalue weighted by Crippen LogP contribution is -2.35.